The number of nitrogens with one attached hydrogen (secondary N) is 5. The number of benzene rings is 3. The highest BCUT2D eigenvalue weighted by Crippen LogP contribution is 2.40. The lowest BCUT2D eigenvalue weighted by Crippen LogP contribution is -2.49. The Hall–Kier alpha value is -6.37. The van der Waals surface area contributed by atoms with Gasteiger partial charge in [0.05, 0.1) is 65.0 Å². The number of rotatable bonds is 20. The average Bonchev–Trinajstić information content (AvgIpc) is 4.13. The molecule has 0 unspecified atom stereocenters. The van der Waals surface area contributed by atoms with Crippen LogP contribution in [0.4, 0.5) is 28.8 Å². The number of carbonyl (C=O) groups excluding carboxylic acids is 3. The number of thiazole rings is 1. The molecule has 5 heterocycles. The number of para-hydroxylation sites is 1. The molecule has 0 bridgehead atoms. The highest BCUT2D eigenvalue weighted by atomic mass is 35.5. The first-order valence-electron chi connectivity index (χ1n) is 24.8. The minimum absolute atomic E-state index is 0.00205. The van der Waals surface area contributed by atoms with Crippen molar-refractivity contribution >= 4 is 81.9 Å². The van der Waals surface area contributed by atoms with Gasteiger partial charge < -0.3 is 55.3 Å². The van der Waals surface area contributed by atoms with E-state index in [1.165, 1.54) is 11.1 Å². The summed E-state index contributed by atoms with van der Waals surface area (Å²) in [6.45, 7) is 13.5. The third kappa shape index (κ3) is 13.1. The van der Waals surface area contributed by atoms with E-state index in [0.29, 0.717) is 63.8 Å². The average molecular weight is 1070 g/mol. The zero-order chi connectivity index (χ0) is 52.7. The van der Waals surface area contributed by atoms with E-state index in [0.717, 1.165) is 53.3 Å². The lowest BCUT2D eigenvalue weighted by atomic mass is 9.91. The highest BCUT2D eigenvalue weighted by Gasteiger charge is 2.44. The van der Waals surface area contributed by atoms with Crippen LogP contribution < -0.4 is 41.5 Å². The van der Waals surface area contributed by atoms with Crippen molar-refractivity contribution in [3.8, 4) is 16.2 Å². The van der Waals surface area contributed by atoms with E-state index in [4.69, 9.17) is 20.9 Å². The molecule has 0 radical (unpaired) electrons. The second-order valence-corrected chi connectivity index (χ2v) is 24.0. The molecule has 6 aromatic rings. The summed E-state index contributed by atoms with van der Waals surface area (Å²) < 4.78 is 24.3. The van der Waals surface area contributed by atoms with Crippen LogP contribution in [0.15, 0.2) is 89.0 Å². The molecule has 0 saturated carbocycles. The number of aliphatic hydroxyl groups is 1. The summed E-state index contributed by atoms with van der Waals surface area (Å²) in [7, 11) is -0.967. The zero-order valence-corrected chi connectivity index (χ0v) is 45.2. The Morgan fingerprint density at radius 3 is 2.41 bits per heavy atom. The molecule has 74 heavy (non-hydrogen) atoms. The van der Waals surface area contributed by atoms with Gasteiger partial charge in [0.15, 0.2) is 5.82 Å². The van der Waals surface area contributed by atoms with Gasteiger partial charge in [-0.2, -0.15) is 4.98 Å². The van der Waals surface area contributed by atoms with E-state index >= 15 is 0 Å². The van der Waals surface area contributed by atoms with Crippen LogP contribution >= 0.6 is 30.1 Å². The zero-order valence-electron chi connectivity index (χ0n) is 42.7. The van der Waals surface area contributed by atoms with Gasteiger partial charge >= 0.3 is 0 Å². The van der Waals surface area contributed by atoms with Gasteiger partial charge in [-0.05, 0) is 81.3 Å². The van der Waals surface area contributed by atoms with Gasteiger partial charge in [-0.1, -0.05) is 67.0 Å². The Morgan fingerprint density at radius 1 is 0.973 bits per heavy atom. The van der Waals surface area contributed by atoms with Gasteiger partial charge in [-0.3, -0.25) is 14.4 Å². The summed E-state index contributed by atoms with van der Waals surface area (Å²) in [5.74, 6) is -0.180. The summed E-state index contributed by atoms with van der Waals surface area (Å²) in [6, 6.07) is 21.4. The quantitative estimate of drug-likeness (QED) is 0.0315. The topological polar surface area (TPSA) is 229 Å². The van der Waals surface area contributed by atoms with Crippen LogP contribution in [-0.2, 0) is 18.9 Å². The molecule has 4 atom stereocenters. The van der Waals surface area contributed by atoms with Crippen LogP contribution in [0.25, 0.3) is 10.4 Å². The Morgan fingerprint density at radius 2 is 1.73 bits per heavy atom. The molecular formula is C53H65ClN11O7PS. The number of halogens is 1. The molecule has 18 nitrogen and oxygen atoms in total. The second kappa shape index (κ2) is 23.9. The molecule has 2 aliphatic rings. The first-order chi connectivity index (χ1) is 35.4. The highest BCUT2D eigenvalue weighted by molar-refractivity contribution is 7.70. The van der Waals surface area contributed by atoms with E-state index in [1.54, 1.807) is 50.3 Å². The minimum Gasteiger partial charge on any atom is -0.494 e. The van der Waals surface area contributed by atoms with Crippen molar-refractivity contribution in [2.45, 2.75) is 83.5 Å². The number of nitrogens with zero attached hydrogens (tertiary/aromatic N) is 6. The molecular weight excluding hydrogens is 1000 g/mol. The number of aliphatic hydroxyl groups excluding tert-OH is 1. The van der Waals surface area contributed by atoms with E-state index in [-0.39, 0.29) is 43.2 Å². The van der Waals surface area contributed by atoms with Crippen LogP contribution in [0, 0.1) is 19.8 Å². The predicted molar refractivity (Wildman–Crippen MR) is 291 cm³/mol. The number of amides is 3. The molecule has 2 fully saturated rings. The number of likely N-dealkylation sites (tertiary alicyclic amines) is 1. The maximum absolute atomic E-state index is 14.2. The Balaban J connectivity index is 0.848. The maximum atomic E-state index is 14.2. The van der Waals surface area contributed by atoms with Gasteiger partial charge in [0.25, 0.3) is 0 Å². The van der Waals surface area contributed by atoms with E-state index in [9.17, 15) is 24.1 Å². The van der Waals surface area contributed by atoms with Crippen LogP contribution in [0.1, 0.15) is 74.2 Å². The van der Waals surface area contributed by atoms with Gasteiger partial charge in [0.1, 0.15) is 35.6 Å². The van der Waals surface area contributed by atoms with Gasteiger partial charge in [0, 0.05) is 68.3 Å². The fraction of sp³-hybridized carbons (Fsp3) is 0.415. The smallest absolute Gasteiger partial charge is 0.243 e. The largest absolute Gasteiger partial charge is 0.494 e. The van der Waals surface area contributed by atoms with Crippen molar-refractivity contribution < 1.29 is 33.3 Å². The number of hydrogen-bond acceptors (Lipinski definition) is 16. The lowest BCUT2D eigenvalue weighted by molar-refractivity contribution is -0.141. The molecule has 392 valence electrons. The Bertz CT molecular complexity index is 2980. The molecule has 0 spiro atoms. The van der Waals surface area contributed by atoms with Crippen LogP contribution in [-0.4, -0.2) is 119 Å². The normalized spacial score (nSPS) is 17.0. The number of methoxy groups -OCH3 is 1. The van der Waals surface area contributed by atoms with Crippen LogP contribution in [0.2, 0.25) is 5.02 Å². The first-order valence-corrected chi connectivity index (χ1v) is 28.7. The second-order valence-electron chi connectivity index (χ2n) is 19.6. The predicted octanol–water partition coefficient (Wildman–Crippen LogP) is 7.93. The monoisotopic (exact) mass is 1070 g/mol. The number of anilines is 5. The van der Waals surface area contributed by atoms with Crippen molar-refractivity contribution in [2.75, 3.05) is 68.7 Å². The van der Waals surface area contributed by atoms with Crippen molar-refractivity contribution in [3.63, 3.8) is 0 Å². The third-order valence-corrected chi connectivity index (χ3v) is 16.2. The van der Waals surface area contributed by atoms with E-state index < -0.39 is 37.2 Å². The number of piperidine rings is 1. The van der Waals surface area contributed by atoms with Crippen molar-refractivity contribution in [2.24, 2.45) is 5.92 Å². The standard InChI is InChI=1S/C53H65ClN11O7PS/c1-31(2)48(45-24-32(3)63-72-45)52(69)65-29-38(66)26-43(65)51(68)60-42(34-12-14-35(15-13-34)49-33(4)58-30-74-49)27-47(67)56-21-20-55-36-18-22-64(23-19-36)37-16-17-40(44(25-37)71-5)61-53-57-28-39(54)50(62-53)59-41-10-8-9-11-46(41)73(6,7)70/h8-17,24-25,28,30-31,36,38,42-43,48,55,66H,18-23,26-27,29H2,1-7H3,(H,56,67)(H,60,68)(H2,57,59,61,62)/t38-,42+,43+,48-/m1/s1. The van der Waals surface area contributed by atoms with Crippen LogP contribution in [0.3, 0.4) is 0 Å². The Kier molecular flexibility index (Phi) is 17.4. The SMILES string of the molecule is COc1cc(N2CCC(NCCNC(=O)C[C@H](NC(=O)[C@@H]3C[C@@H](O)CN3C(=O)[C@@H](c3cc(C)no3)C(C)C)c3ccc(-c4scnc4C)cc3)CC2)ccc1Nc1ncc(Cl)c(Nc2ccccc2P(C)(C)=O)n1. The van der Waals surface area contributed by atoms with Crippen LogP contribution in [0.5, 0.6) is 5.75 Å². The van der Waals surface area contributed by atoms with Gasteiger partial charge in [-0.25, -0.2) is 9.97 Å². The lowest BCUT2D eigenvalue weighted by Gasteiger charge is -2.34. The number of carbonyl (C=O) groups is 3. The number of aromatic nitrogens is 4. The van der Waals surface area contributed by atoms with Gasteiger partial charge in [-0.15, -0.1) is 11.3 Å². The first kappa shape index (κ1) is 53.9. The number of β-amino-alcohol motifs (C(OH)–C–C–N with tert-alkyl or cyclic N) is 1. The number of hydrogen-bond donors (Lipinski definition) is 6. The number of ether oxygens (including phenoxy) is 1. The van der Waals surface area contributed by atoms with E-state index in [2.05, 4.69) is 51.6 Å². The van der Waals surface area contributed by atoms with Crippen molar-refractivity contribution in [1.29, 1.82) is 0 Å². The molecule has 3 aromatic heterocycles. The maximum Gasteiger partial charge on any atom is 0.243 e. The third-order valence-electron chi connectivity index (χ3n) is 13.4. The summed E-state index contributed by atoms with van der Waals surface area (Å²) in [6.07, 6.45) is 2.40. The molecule has 3 amide bonds. The summed E-state index contributed by atoms with van der Waals surface area (Å²) in [5, 5.41) is 32.0. The summed E-state index contributed by atoms with van der Waals surface area (Å²) in [4.78, 5) is 60.2. The summed E-state index contributed by atoms with van der Waals surface area (Å²) in [5.41, 5.74) is 7.40. The van der Waals surface area contributed by atoms with E-state index in [1.807, 2.05) is 87.5 Å². The summed E-state index contributed by atoms with van der Waals surface area (Å²) >= 11 is 8.04. The molecule has 21 heteroatoms. The molecule has 6 N–H and O–H groups in total. The molecule has 2 saturated heterocycles. The minimum atomic E-state index is -2.58. The molecule has 3 aromatic carbocycles. The molecule has 8 rings (SSSR count). The van der Waals surface area contributed by atoms with Gasteiger partial charge in [0.2, 0.25) is 23.7 Å². The fourth-order valence-corrected chi connectivity index (χ4v) is 11.7. The van der Waals surface area contributed by atoms with Crippen molar-refractivity contribution in [3.05, 3.63) is 112 Å². The fourth-order valence-electron chi connectivity index (χ4n) is 9.59. The molecule has 0 aliphatic carbocycles. The van der Waals surface area contributed by atoms with Crippen molar-refractivity contribution in [1.82, 2.24) is 41.0 Å². The Labute approximate surface area is 440 Å². The molecule has 2 aliphatic heterocycles. The number of aryl methyl sites for hydroxylation is 2.